The summed E-state index contributed by atoms with van der Waals surface area (Å²) in [5, 5.41) is 3.11. The van der Waals surface area contributed by atoms with E-state index in [1.807, 2.05) is 0 Å². The fraction of sp³-hybridized carbons (Fsp3) is 0. The van der Waals surface area contributed by atoms with Gasteiger partial charge in [-0.05, 0) is 34.1 Å². The SMILES string of the molecule is O=C(Nc1ccc(Br)c(Cl)c1Cl)c1cccc(=O)[nH]1. The zero-order valence-electron chi connectivity index (χ0n) is 9.34. The van der Waals surface area contributed by atoms with Crippen LogP contribution in [0.3, 0.4) is 0 Å². The molecule has 98 valence electrons. The summed E-state index contributed by atoms with van der Waals surface area (Å²) in [6, 6.07) is 7.57. The predicted octanol–water partition coefficient (Wildman–Crippen LogP) is 3.70. The maximum atomic E-state index is 11.9. The average molecular weight is 362 g/mol. The molecule has 19 heavy (non-hydrogen) atoms. The number of aromatic nitrogens is 1. The van der Waals surface area contributed by atoms with Crippen LogP contribution in [0.15, 0.2) is 39.6 Å². The van der Waals surface area contributed by atoms with Gasteiger partial charge in [-0.1, -0.05) is 29.3 Å². The summed E-state index contributed by atoms with van der Waals surface area (Å²) in [5.41, 5.74) is 0.153. The van der Waals surface area contributed by atoms with E-state index in [0.29, 0.717) is 15.2 Å². The minimum atomic E-state index is -0.474. The third-order valence-electron chi connectivity index (χ3n) is 2.30. The highest BCUT2D eigenvalue weighted by molar-refractivity contribution is 9.10. The number of carbonyl (C=O) groups is 1. The normalized spacial score (nSPS) is 10.3. The van der Waals surface area contributed by atoms with Crippen LogP contribution in [0.5, 0.6) is 0 Å². The average Bonchev–Trinajstić information content (AvgIpc) is 2.39. The Morgan fingerprint density at radius 1 is 1.16 bits per heavy atom. The lowest BCUT2D eigenvalue weighted by Crippen LogP contribution is -2.18. The molecule has 0 saturated heterocycles. The van der Waals surface area contributed by atoms with Gasteiger partial charge >= 0.3 is 0 Å². The van der Waals surface area contributed by atoms with E-state index < -0.39 is 5.91 Å². The molecule has 0 unspecified atom stereocenters. The molecule has 7 heteroatoms. The van der Waals surface area contributed by atoms with Crippen molar-refractivity contribution in [1.29, 1.82) is 0 Å². The van der Waals surface area contributed by atoms with Gasteiger partial charge in [-0.25, -0.2) is 0 Å². The number of hydrogen-bond donors (Lipinski definition) is 2. The van der Waals surface area contributed by atoms with E-state index in [1.165, 1.54) is 18.2 Å². The second-order valence-electron chi connectivity index (χ2n) is 3.61. The third kappa shape index (κ3) is 3.18. The van der Waals surface area contributed by atoms with E-state index in [-0.39, 0.29) is 16.3 Å². The van der Waals surface area contributed by atoms with E-state index in [2.05, 4.69) is 26.2 Å². The molecule has 0 fully saturated rings. The number of nitrogens with one attached hydrogen (secondary N) is 2. The summed E-state index contributed by atoms with van der Waals surface area (Å²) in [6.45, 7) is 0. The molecule has 0 radical (unpaired) electrons. The molecule has 0 aliphatic heterocycles. The van der Waals surface area contributed by atoms with Gasteiger partial charge in [0.2, 0.25) is 5.56 Å². The zero-order chi connectivity index (χ0) is 14.0. The number of benzene rings is 1. The quantitative estimate of drug-likeness (QED) is 0.801. The van der Waals surface area contributed by atoms with Crippen LogP contribution < -0.4 is 10.9 Å². The number of rotatable bonds is 2. The maximum absolute atomic E-state index is 11.9. The summed E-state index contributed by atoms with van der Waals surface area (Å²) >= 11 is 15.2. The van der Waals surface area contributed by atoms with Crippen molar-refractivity contribution in [2.75, 3.05) is 5.32 Å². The molecule has 1 heterocycles. The number of pyridine rings is 1. The smallest absolute Gasteiger partial charge is 0.272 e. The van der Waals surface area contributed by atoms with Gasteiger partial charge in [0.15, 0.2) is 0 Å². The molecular weight excluding hydrogens is 355 g/mol. The monoisotopic (exact) mass is 360 g/mol. The zero-order valence-corrected chi connectivity index (χ0v) is 12.4. The molecule has 0 aliphatic carbocycles. The number of carbonyl (C=O) groups excluding carboxylic acids is 1. The summed E-state index contributed by atoms with van der Waals surface area (Å²) in [4.78, 5) is 25.5. The van der Waals surface area contributed by atoms with Crippen LogP contribution in [-0.4, -0.2) is 10.9 Å². The highest BCUT2D eigenvalue weighted by Crippen LogP contribution is 2.35. The van der Waals surface area contributed by atoms with E-state index in [0.717, 1.165) is 0 Å². The Labute approximate surface area is 126 Å². The first-order chi connectivity index (χ1) is 8.99. The van der Waals surface area contributed by atoms with Gasteiger partial charge in [0.05, 0.1) is 15.7 Å². The van der Waals surface area contributed by atoms with Crippen LogP contribution in [0.25, 0.3) is 0 Å². The number of amides is 1. The van der Waals surface area contributed by atoms with Gasteiger partial charge in [0, 0.05) is 10.5 Å². The fourth-order valence-corrected chi connectivity index (χ4v) is 2.21. The molecule has 0 saturated carbocycles. The van der Waals surface area contributed by atoms with Gasteiger partial charge in [0.25, 0.3) is 5.91 Å². The van der Waals surface area contributed by atoms with Crippen molar-refractivity contribution in [2.24, 2.45) is 0 Å². The molecule has 0 bridgehead atoms. The first-order valence-corrected chi connectivity index (χ1v) is 6.68. The van der Waals surface area contributed by atoms with Crippen LogP contribution in [0.4, 0.5) is 5.69 Å². The highest BCUT2D eigenvalue weighted by Gasteiger charge is 2.12. The lowest BCUT2D eigenvalue weighted by atomic mass is 10.3. The Bertz CT molecular complexity index is 700. The van der Waals surface area contributed by atoms with Crippen molar-refractivity contribution >= 4 is 50.7 Å². The first kappa shape index (κ1) is 14.1. The molecule has 2 rings (SSSR count). The van der Waals surface area contributed by atoms with Gasteiger partial charge < -0.3 is 10.3 Å². The number of anilines is 1. The minimum absolute atomic E-state index is 0.141. The topological polar surface area (TPSA) is 62.0 Å². The fourth-order valence-electron chi connectivity index (χ4n) is 1.39. The van der Waals surface area contributed by atoms with Crippen molar-refractivity contribution in [3.05, 3.63) is 60.9 Å². The largest absolute Gasteiger partial charge is 0.319 e. The van der Waals surface area contributed by atoms with Crippen LogP contribution in [0.2, 0.25) is 10.0 Å². The molecule has 0 spiro atoms. The molecule has 2 N–H and O–H groups in total. The van der Waals surface area contributed by atoms with Crippen LogP contribution in [-0.2, 0) is 0 Å². The molecule has 1 aromatic heterocycles. The standard InChI is InChI=1S/C12H7BrCl2N2O2/c13-6-4-5-7(11(15)10(6)14)17-12(19)8-2-1-3-9(18)16-8/h1-5H,(H,16,18)(H,17,19). The number of H-pyrrole nitrogens is 1. The summed E-state index contributed by atoms with van der Waals surface area (Å²) in [7, 11) is 0. The Kier molecular flexibility index (Phi) is 4.29. The highest BCUT2D eigenvalue weighted by atomic mass is 79.9. The second-order valence-corrected chi connectivity index (χ2v) is 5.22. The van der Waals surface area contributed by atoms with Crippen molar-refractivity contribution in [2.45, 2.75) is 0 Å². The van der Waals surface area contributed by atoms with Gasteiger partial charge in [0.1, 0.15) is 5.69 Å². The van der Waals surface area contributed by atoms with Crippen LogP contribution in [0, 0.1) is 0 Å². The minimum Gasteiger partial charge on any atom is -0.319 e. The first-order valence-electron chi connectivity index (χ1n) is 5.13. The lowest BCUT2D eigenvalue weighted by molar-refractivity contribution is 0.102. The molecular formula is C12H7BrCl2N2O2. The Morgan fingerprint density at radius 3 is 2.58 bits per heavy atom. The van der Waals surface area contributed by atoms with Crippen molar-refractivity contribution < 1.29 is 4.79 Å². The van der Waals surface area contributed by atoms with Crippen molar-refractivity contribution in [1.82, 2.24) is 4.98 Å². The molecule has 1 amide bonds. The molecule has 2 aromatic rings. The molecule has 0 atom stereocenters. The van der Waals surface area contributed by atoms with Crippen LogP contribution >= 0.6 is 39.1 Å². The maximum Gasteiger partial charge on any atom is 0.272 e. The predicted molar refractivity (Wildman–Crippen MR) is 79.2 cm³/mol. The Balaban J connectivity index is 2.29. The lowest BCUT2D eigenvalue weighted by Gasteiger charge is -2.09. The number of aromatic amines is 1. The van der Waals surface area contributed by atoms with Crippen molar-refractivity contribution in [3.63, 3.8) is 0 Å². The van der Waals surface area contributed by atoms with E-state index in [9.17, 15) is 9.59 Å². The molecule has 1 aromatic carbocycles. The van der Waals surface area contributed by atoms with E-state index in [1.54, 1.807) is 12.1 Å². The van der Waals surface area contributed by atoms with Crippen molar-refractivity contribution in [3.8, 4) is 0 Å². The van der Waals surface area contributed by atoms with E-state index >= 15 is 0 Å². The Hall–Kier alpha value is -1.30. The van der Waals surface area contributed by atoms with Gasteiger partial charge in [-0.15, -0.1) is 0 Å². The summed E-state index contributed by atoms with van der Waals surface area (Å²) in [5.74, 6) is -0.474. The van der Waals surface area contributed by atoms with Gasteiger partial charge in [-0.3, -0.25) is 9.59 Å². The number of halogens is 3. The van der Waals surface area contributed by atoms with Gasteiger partial charge in [-0.2, -0.15) is 0 Å². The third-order valence-corrected chi connectivity index (χ3v) is 4.07. The summed E-state index contributed by atoms with van der Waals surface area (Å²) < 4.78 is 0.630. The Morgan fingerprint density at radius 2 is 1.89 bits per heavy atom. The van der Waals surface area contributed by atoms with Crippen LogP contribution in [0.1, 0.15) is 10.5 Å². The second kappa shape index (κ2) is 5.77. The number of hydrogen-bond acceptors (Lipinski definition) is 2. The van der Waals surface area contributed by atoms with E-state index in [4.69, 9.17) is 23.2 Å². The summed E-state index contributed by atoms with van der Waals surface area (Å²) in [6.07, 6.45) is 0. The molecule has 0 aliphatic rings. The molecule has 4 nitrogen and oxygen atoms in total.